The topological polar surface area (TPSA) is 85.2 Å². The monoisotopic (exact) mass is 443 g/mol. The quantitative estimate of drug-likeness (QED) is 0.299. The number of hydrogen-bond acceptors (Lipinski definition) is 8. The van der Waals surface area contributed by atoms with Crippen molar-refractivity contribution in [3.8, 4) is 16.9 Å². The van der Waals surface area contributed by atoms with Gasteiger partial charge in [0, 0.05) is 16.7 Å². The van der Waals surface area contributed by atoms with Crippen molar-refractivity contribution < 1.29 is 24.3 Å². The van der Waals surface area contributed by atoms with Gasteiger partial charge < -0.3 is 14.7 Å². The maximum atomic E-state index is 13.3. The first kappa shape index (κ1) is 21.9. The van der Waals surface area contributed by atoms with E-state index in [0.29, 0.717) is 5.75 Å². The Kier molecular flexibility index (Phi) is 7.51. The summed E-state index contributed by atoms with van der Waals surface area (Å²) in [7, 11) is 0. The molecule has 0 aliphatic carbocycles. The van der Waals surface area contributed by atoms with Crippen LogP contribution in [0.1, 0.15) is 29.5 Å². The fraction of sp³-hybridized carbons (Fsp3) is 0.227. The van der Waals surface area contributed by atoms with Crippen LogP contribution in [0.3, 0.4) is 0 Å². The van der Waals surface area contributed by atoms with E-state index in [1.807, 2.05) is 53.2 Å². The Hall–Kier alpha value is -2.81. The van der Waals surface area contributed by atoms with Crippen molar-refractivity contribution in [3.63, 3.8) is 0 Å². The molecule has 0 fully saturated rings. The number of carbonyl (C=O) groups excluding carboxylic acids is 2. The average Bonchev–Trinajstić information content (AvgIpc) is 3.44. The molecule has 3 aromatic rings. The van der Waals surface area contributed by atoms with Crippen LogP contribution in [-0.4, -0.2) is 35.8 Å². The van der Waals surface area contributed by atoms with Crippen LogP contribution in [0.4, 0.5) is 0 Å². The molecule has 0 spiro atoms. The second-order valence-electron chi connectivity index (χ2n) is 6.37. The molecule has 1 atom stereocenters. The second-order valence-corrected chi connectivity index (χ2v) is 8.29. The number of hydrogen-bond donors (Lipinski definition) is 1. The lowest BCUT2D eigenvalue weighted by atomic mass is 9.92. The summed E-state index contributed by atoms with van der Waals surface area (Å²) in [6.07, 6.45) is 0. The summed E-state index contributed by atoms with van der Waals surface area (Å²) in [5.74, 6) is -0.662. The van der Waals surface area contributed by atoms with Crippen molar-refractivity contribution in [1.29, 1.82) is 0 Å². The highest BCUT2D eigenvalue weighted by molar-refractivity contribution is 7.12. The van der Waals surface area contributed by atoms with E-state index in [1.165, 1.54) is 29.6 Å². The van der Waals surface area contributed by atoms with Crippen LogP contribution in [0.15, 0.2) is 58.4 Å². The van der Waals surface area contributed by atoms with E-state index in [-0.39, 0.29) is 24.7 Å². The van der Waals surface area contributed by atoms with E-state index in [1.54, 1.807) is 6.92 Å². The standard InChI is InChI=1S/C22H21NO5S2/c1-14(23-28-15(2)25)21(26)20(19-4-3-12-29-19)22-18(9-13-30-22)16-5-7-17(8-6-16)27-11-10-24/h3-9,12-13,20,24H,10-11H2,1-2H3. The van der Waals surface area contributed by atoms with Gasteiger partial charge in [-0.3, -0.25) is 4.79 Å². The molecule has 0 saturated carbocycles. The molecule has 1 aromatic carbocycles. The molecule has 8 heteroatoms. The van der Waals surface area contributed by atoms with Gasteiger partial charge in [-0.15, -0.1) is 22.7 Å². The summed E-state index contributed by atoms with van der Waals surface area (Å²) in [5.41, 5.74) is 2.03. The minimum absolute atomic E-state index is 0.0463. The molecule has 1 unspecified atom stereocenters. The summed E-state index contributed by atoms with van der Waals surface area (Å²) in [6, 6.07) is 13.3. The van der Waals surface area contributed by atoms with Gasteiger partial charge in [-0.25, -0.2) is 4.79 Å². The Morgan fingerprint density at radius 2 is 1.83 bits per heavy atom. The molecule has 2 heterocycles. The van der Waals surface area contributed by atoms with Crippen LogP contribution in [0.25, 0.3) is 11.1 Å². The zero-order valence-corrected chi connectivity index (χ0v) is 18.2. The van der Waals surface area contributed by atoms with E-state index in [9.17, 15) is 9.59 Å². The van der Waals surface area contributed by atoms with Gasteiger partial charge in [0.25, 0.3) is 0 Å². The van der Waals surface area contributed by atoms with Crippen molar-refractivity contribution in [2.75, 3.05) is 13.2 Å². The number of aliphatic hydroxyl groups excluding tert-OH is 1. The predicted octanol–water partition coefficient (Wildman–Crippen LogP) is 4.49. The molecule has 0 saturated heterocycles. The third-order valence-electron chi connectivity index (χ3n) is 4.24. The maximum absolute atomic E-state index is 13.3. The van der Waals surface area contributed by atoms with E-state index < -0.39 is 11.9 Å². The SMILES string of the molecule is CC(=O)ON=C(C)C(=O)C(c1cccs1)c1sccc1-c1ccc(OCCO)cc1. The van der Waals surface area contributed by atoms with E-state index >= 15 is 0 Å². The van der Waals surface area contributed by atoms with Crippen molar-refractivity contribution in [2.24, 2.45) is 5.16 Å². The summed E-state index contributed by atoms with van der Waals surface area (Å²) in [6.45, 7) is 2.98. The van der Waals surface area contributed by atoms with Crippen LogP contribution < -0.4 is 4.74 Å². The van der Waals surface area contributed by atoms with Crippen LogP contribution in [0, 0.1) is 0 Å². The number of Topliss-reactive ketones (excluding diaryl/α,β-unsaturated/α-hetero) is 1. The molecular weight excluding hydrogens is 422 g/mol. The Morgan fingerprint density at radius 3 is 2.47 bits per heavy atom. The Bertz CT molecular complexity index is 1020. The van der Waals surface area contributed by atoms with Gasteiger partial charge in [-0.1, -0.05) is 23.4 Å². The molecule has 3 rings (SSSR count). The number of oxime groups is 1. The minimum atomic E-state index is -0.574. The zero-order valence-electron chi connectivity index (χ0n) is 16.5. The highest BCUT2D eigenvalue weighted by Crippen LogP contribution is 2.40. The normalized spacial score (nSPS) is 12.4. The first-order valence-corrected chi connectivity index (χ1v) is 11.0. The van der Waals surface area contributed by atoms with E-state index in [4.69, 9.17) is 9.84 Å². The van der Waals surface area contributed by atoms with Gasteiger partial charge in [-0.2, -0.15) is 0 Å². The summed E-state index contributed by atoms with van der Waals surface area (Å²) < 4.78 is 5.42. The molecule has 156 valence electrons. The predicted molar refractivity (Wildman–Crippen MR) is 118 cm³/mol. The molecule has 0 bridgehead atoms. The van der Waals surface area contributed by atoms with Gasteiger partial charge in [0.1, 0.15) is 18.1 Å². The number of aliphatic hydroxyl groups is 1. The molecule has 1 N–H and O–H groups in total. The van der Waals surface area contributed by atoms with Crippen molar-refractivity contribution in [3.05, 3.63) is 63.0 Å². The molecule has 6 nitrogen and oxygen atoms in total. The van der Waals surface area contributed by atoms with Gasteiger partial charge in [0.05, 0.1) is 12.5 Å². The van der Waals surface area contributed by atoms with Gasteiger partial charge in [-0.05, 0) is 53.1 Å². The molecule has 0 radical (unpaired) electrons. The molecule has 2 aromatic heterocycles. The lowest BCUT2D eigenvalue weighted by molar-refractivity contribution is -0.140. The molecule has 0 aliphatic heterocycles. The Balaban J connectivity index is 1.97. The third-order valence-corrected chi connectivity index (χ3v) is 6.16. The van der Waals surface area contributed by atoms with Crippen molar-refractivity contribution >= 4 is 40.1 Å². The van der Waals surface area contributed by atoms with Crippen LogP contribution in [-0.2, 0) is 14.4 Å². The van der Waals surface area contributed by atoms with Gasteiger partial charge in [0.15, 0.2) is 5.78 Å². The number of thiophene rings is 2. The average molecular weight is 444 g/mol. The number of carbonyl (C=O) groups is 2. The van der Waals surface area contributed by atoms with Gasteiger partial charge >= 0.3 is 5.97 Å². The number of nitrogens with zero attached hydrogens (tertiary/aromatic N) is 1. The highest BCUT2D eigenvalue weighted by atomic mass is 32.1. The first-order valence-electron chi connectivity index (χ1n) is 9.22. The second kappa shape index (κ2) is 10.3. The zero-order chi connectivity index (χ0) is 21.5. The van der Waals surface area contributed by atoms with Crippen LogP contribution >= 0.6 is 22.7 Å². The van der Waals surface area contributed by atoms with Crippen LogP contribution in [0.2, 0.25) is 0 Å². The van der Waals surface area contributed by atoms with Crippen molar-refractivity contribution in [2.45, 2.75) is 19.8 Å². The number of ketones is 1. The minimum Gasteiger partial charge on any atom is -0.491 e. The van der Waals surface area contributed by atoms with Gasteiger partial charge in [0.2, 0.25) is 0 Å². The summed E-state index contributed by atoms with van der Waals surface area (Å²) in [5, 5.41) is 16.5. The third kappa shape index (κ3) is 5.21. The lowest BCUT2D eigenvalue weighted by Crippen LogP contribution is -2.21. The number of benzene rings is 1. The van der Waals surface area contributed by atoms with E-state index in [0.717, 1.165) is 20.9 Å². The van der Waals surface area contributed by atoms with Crippen molar-refractivity contribution in [1.82, 2.24) is 0 Å². The number of ether oxygens (including phenoxy) is 1. The Labute approximate surface area is 182 Å². The highest BCUT2D eigenvalue weighted by Gasteiger charge is 2.30. The van der Waals surface area contributed by atoms with E-state index in [2.05, 4.69) is 9.99 Å². The first-order chi connectivity index (χ1) is 14.5. The molecule has 0 aliphatic rings. The largest absolute Gasteiger partial charge is 0.491 e. The molecule has 0 amide bonds. The molecule has 30 heavy (non-hydrogen) atoms. The fourth-order valence-electron chi connectivity index (χ4n) is 2.90. The summed E-state index contributed by atoms with van der Waals surface area (Å²) >= 11 is 2.99. The fourth-order valence-corrected chi connectivity index (χ4v) is 4.84. The lowest BCUT2D eigenvalue weighted by Gasteiger charge is -2.15. The smallest absolute Gasteiger partial charge is 0.331 e. The Morgan fingerprint density at radius 1 is 1.07 bits per heavy atom. The summed E-state index contributed by atoms with van der Waals surface area (Å²) in [4.78, 5) is 30.8. The molecular formula is C22H21NO5S2. The maximum Gasteiger partial charge on any atom is 0.331 e. The van der Waals surface area contributed by atoms with Crippen LogP contribution in [0.5, 0.6) is 5.75 Å². The number of rotatable bonds is 9.